The van der Waals surface area contributed by atoms with Crippen molar-refractivity contribution in [3.8, 4) is 23.0 Å². The first-order chi connectivity index (χ1) is 19.5. The fraction of sp³-hybridized carbons (Fsp3) is 0.171. The van der Waals surface area contributed by atoms with Gasteiger partial charge in [0.15, 0.2) is 17.3 Å². The Morgan fingerprint density at radius 3 is 2.25 bits per heavy atom. The van der Waals surface area contributed by atoms with Crippen LogP contribution in [-0.2, 0) is 0 Å². The number of benzene rings is 4. The van der Waals surface area contributed by atoms with Crippen molar-refractivity contribution < 1.29 is 23.7 Å². The molecule has 0 bridgehead atoms. The van der Waals surface area contributed by atoms with Crippen LogP contribution in [0.3, 0.4) is 0 Å². The van der Waals surface area contributed by atoms with Crippen molar-refractivity contribution in [2.45, 2.75) is 19.8 Å². The number of rotatable bonds is 9. The van der Waals surface area contributed by atoms with E-state index in [4.69, 9.17) is 18.9 Å². The Balaban J connectivity index is 1.68. The van der Waals surface area contributed by atoms with Gasteiger partial charge in [-0.15, -0.1) is 0 Å². The summed E-state index contributed by atoms with van der Waals surface area (Å²) in [5, 5.41) is 0. The smallest absolute Gasteiger partial charge is 0.185 e. The predicted molar refractivity (Wildman–Crippen MR) is 158 cm³/mol. The second-order valence-electron chi connectivity index (χ2n) is 9.44. The van der Waals surface area contributed by atoms with Gasteiger partial charge in [-0.3, -0.25) is 4.79 Å². The number of ether oxygens (including phenoxy) is 4. The third-order valence-corrected chi connectivity index (χ3v) is 7.02. The van der Waals surface area contributed by atoms with Crippen LogP contribution in [0.5, 0.6) is 23.0 Å². The van der Waals surface area contributed by atoms with Crippen molar-refractivity contribution in [3.05, 3.63) is 137 Å². The molecular weight excluding hydrogens is 500 g/mol. The van der Waals surface area contributed by atoms with Crippen LogP contribution in [0.25, 0.3) is 5.76 Å². The number of carbonyl (C=O) groups is 1. The Labute approximate surface area is 235 Å². The molecule has 5 nitrogen and oxygen atoms in total. The zero-order valence-corrected chi connectivity index (χ0v) is 23.1. The number of hydrogen-bond acceptors (Lipinski definition) is 5. The number of allylic oxidation sites excluding steroid dienone is 3. The Hall–Kier alpha value is -4.77. The highest BCUT2D eigenvalue weighted by Gasteiger charge is 2.31. The predicted octanol–water partition coefficient (Wildman–Crippen LogP) is 7.79. The first-order valence-electron chi connectivity index (χ1n) is 13.3. The van der Waals surface area contributed by atoms with Crippen molar-refractivity contribution in [3.63, 3.8) is 0 Å². The van der Waals surface area contributed by atoms with Crippen LogP contribution in [0, 0.1) is 6.92 Å². The molecule has 5 heteroatoms. The minimum Gasteiger partial charge on any atom is -0.494 e. The summed E-state index contributed by atoms with van der Waals surface area (Å²) >= 11 is 0. The maximum absolute atomic E-state index is 13.3. The number of para-hydroxylation sites is 1. The molecule has 4 aromatic rings. The maximum Gasteiger partial charge on any atom is 0.185 e. The topological polar surface area (TPSA) is 54.0 Å². The summed E-state index contributed by atoms with van der Waals surface area (Å²) in [6, 6.07) is 29.3. The van der Waals surface area contributed by atoms with Crippen LogP contribution in [0.2, 0.25) is 0 Å². The lowest BCUT2D eigenvalue weighted by Crippen LogP contribution is -2.16. The molecule has 4 aromatic carbocycles. The lowest BCUT2D eigenvalue weighted by Gasteiger charge is -2.31. The van der Waals surface area contributed by atoms with Gasteiger partial charge in [-0.2, -0.15) is 0 Å². The molecular formula is C35H32O5. The zero-order chi connectivity index (χ0) is 28.1. The largest absolute Gasteiger partial charge is 0.494 e. The highest BCUT2D eigenvalue weighted by atomic mass is 16.5. The molecule has 202 valence electrons. The highest BCUT2D eigenvalue weighted by molar-refractivity contribution is 6.05. The van der Waals surface area contributed by atoms with Crippen molar-refractivity contribution >= 4 is 11.5 Å². The van der Waals surface area contributed by atoms with Crippen molar-refractivity contribution in [1.29, 1.82) is 0 Å². The zero-order valence-electron chi connectivity index (χ0n) is 23.1. The van der Waals surface area contributed by atoms with Crippen LogP contribution in [-0.4, -0.2) is 26.6 Å². The van der Waals surface area contributed by atoms with Gasteiger partial charge in [-0.1, -0.05) is 48.5 Å². The second kappa shape index (κ2) is 12.0. The van der Waals surface area contributed by atoms with Crippen LogP contribution >= 0.6 is 0 Å². The van der Waals surface area contributed by atoms with Gasteiger partial charge in [0.2, 0.25) is 0 Å². The molecule has 0 aliphatic carbocycles. The molecule has 1 atom stereocenters. The van der Waals surface area contributed by atoms with Gasteiger partial charge in [0.1, 0.15) is 17.3 Å². The van der Waals surface area contributed by atoms with E-state index in [0.29, 0.717) is 29.4 Å². The average Bonchev–Trinajstić information content (AvgIpc) is 2.99. The third kappa shape index (κ3) is 5.36. The van der Waals surface area contributed by atoms with Gasteiger partial charge in [0, 0.05) is 28.2 Å². The molecule has 1 aliphatic rings. The van der Waals surface area contributed by atoms with Crippen LogP contribution in [0.4, 0.5) is 0 Å². The Morgan fingerprint density at radius 2 is 1.55 bits per heavy atom. The van der Waals surface area contributed by atoms with E-state index in [1.165, 1.54) is 0 Å². The van der Waals surface area contributed by atoms with Crippen molar-refractivity contribution in [2.75, 3.05) is 20.8 Å². The molecule has 1 heterocycles. The Morgan fingerprint density at radius 1 is 0.850 bits per heavy atom. The SMILES string of the molecule is CCOc1ccc(C(=O)/C=C/C2=C(c3ccc(OC)c(OC)c3)Oc3ccccc3C2c2ccccc2C)cc1. The normalized spacial score (nSPS) is 14.4. The monoisotopic (exact) mass is 532 g/mol. The van der Waals surface area contributed by atoms with E-state index in [2.05, 4.69) is 25.1 Å². The summed E-state index contributed by atoms with van der Waals surface area (Å²) in [7, 11) is 3.22. The van der Waals surface area contributed by atoms with Gasteiger partial charge in [0.05, 0.1) is 20.8 Å². The fourth-order valence-corrected chi connectivity index (χ4v) is 5.04. The molecule has 1 aliphatic heterocycles. The van der Waals surface area contributed by atoms with E-state index >= 15 is 0 Å². The number of aryl methyl sites for hydroxylation is 1. The molecule has 40 heavy (non-hydrogen) atoms. The van der Waals surface area contributed by atoms with Crippen LogP contribution < -0.4 is 18.9 Å². The molecule has 0 amide bonds. The van der Waals surface area contributed by atoms with Gasteiger partial charge in [-0.05, 0) is 79.6 Å². The minimum absolute atomic E-state index is 0.107. The molecule has 0 spiro atoms. The fourth-order valence-electron chi connectivity index (χ4n) is 5.04. The standard InChI is InChI=1S/C35H32O5/c1-5-39-26-17-14-24(15-18-26)30(36)20-19-29-34(27-11-7-6-10-23(27)2)28-12-8-9-13-31(28)40-35(29)25-16-21-32(37-3)33(22-25)38-4/h6-22,34H,5H2,1-4H3/b20-19+. The van der Waals surface area contributed by atoms with E-state index in [1.807, 2.05) is 73.7 Å². The van der Waals surface area contributed by atoms with Crippen molar-refractivity contribution in [2.24, 2.45) is 0 Å². The lowest BCUT2D eigenvalue weighted by atomic mass is 9.79. The molecule has 0 N–H and O–H groups in total. The molecule has 0 saturated heterocycles. The summed E-state index contributed by atoms with van der Waals surface area (Å²) in [6.07, 6.45) is 3.51. The number of carbonyl (C=O) groups excluding carboxylic acids is 1. The van der Waals surface area contributed by atoms with Gasteiger partial charge in [0.25, 0.3) is 0 Å². The van der Waals surface area contributed by atoms with Crippen LogP contribution in [0.15, 0.2) is 109 Å². The molecule has 0 aromatic heterocycles. The molecule has 0 fully saturated rings. The van der Waals surface area contributed by atoms with E-state index < -0.39 is 0 Å². The summed E-state index contributed by atoms with van der Waals surface area (Å²) in [5.74, 6) is 3.12. The molecule has 1 unspecified atom stereocenters. The molecule has 5 rings (SSSR count). The number of ketones is 1. The number of hydrogen-bond donors (Lipinski definition) is 0. The van der Waals surface area contributed by atoms with Crippen molar-refractivity contribution in [1.82, 2.24) is 0 Å². The number of methoxy groups -OCH3 is 2. The summed E-state index contributed by atoms with van der Waals surface area (Å²) in [4.78, 5) is 13.3. The first kappa shape index (κ1) is 26.8. The lowest BCUT2D eigenvalue weighted by molar-refractivity contribution is 0.104. The van der Waals surface area contributed by atoms with Gasteiger partial charge >= 0.3 is 0 Å². The second-order valence-corrected chi connectivity index (χ2v) is 9.44. The summed E-state index contributed by atoms with van der Waals surface area (Å²) < 4.78 is 23.2. The quantitative estimate of drug-likeness (QED) is 0.163. The van der Waals surface area contributed by atoms with E-state index in [9.17, 15) is 4.79 Å². The minimum atomic E-state index is -0.154. The van der Waals surface area contributed by atoms with E-state index in [1.54, 1.807) is 32.4 Å². The highest BCUT2D eigenvalue weighted by Crippen LogP contribution is 2.47. The Kier molecular flexibility index (Phi) is 8.02. The average molecular weight is 533 g/mol. The molecule has 0 saturated carbocycles. The summed E-state index contributed by atoms with van der Waals surface area (Å²) in [6.45, 7) is 4.61. The van der Waals surface area contributed by atoms with E-state index in [-0.39, 0.29) is 11.7 Å². The van der Waals surface area contributed by atoms with Gasteiger partial charge in [-0.25, -0.2) is 0 Å². The van der Waals surface area contributed by atoms with Gasteiger partial charge < -0.3 is 18.9 Å². The summed E-state index contributed by atoms with van der Waals surface area (Å²) in [5.41, 5.74) is 5.61. The third-order valence-electron chi connectivity index (χ3n) is 7.02. The van der Waals surface area contributed by atoms with E-state index in [0.717, 1.165) is 39.3 Å². The maximum atomic E-state index is 13.3. The molecule has 0 radical (unpaired) electrons. The first-order valence-corrected chi connectivity index (χ1v) is 13.3. The Bertz CT molecular complexity index is 1580. The van der Waals surface area contributed by atoms with Crippen LogP contribution in [0.1, 0.15) is 45.5 Å². The number of fused-ring (bicyclic) bond motifs is 1.